The number of carbonyl (C=O) groups excluding carboxylic acids is 1. The van der Waals surface area contributed by atoms with Gasteiger partial charge in [-0.2, -0.15) is 4.52 Å². The molecule has 2 aliphatic rings. The van der Waals surface area contributed by atoms with Crippen LogP contribution < -0.4 is 15.8 Å². The molecule has 1 N–H and O–H groups in total. The van der Waals surface area contributed by atoms with Crippen LogP contribution in [0.2, 0.25) is 5.02 Å². The summed E-state index contributed by atoms with van der Waals surface area (Å²) in [6, 6.07) is 7.49. The van der Waals surface area contributed by atoms with Crippen molar-refractivity contribution < 1.29 is 4.79 Å². The molecular formula is C22H24ClN5O2S. The Kier molecular flexibility index (Phi) is 5.67. The molecule has 7 nitrogen and oxygen atoms in total. The molecule has 1 aromatic carbocycles. The number of hydrogen-bond donors (Lipinski definition) is 1. The van der Waals surface area contributed by atoms with Gasteiger partial charge in [0.15, 0.2) is 0 Å². The van der Waals surface area contributed by atoms with Crippen molar-refractivity contribution in [3.8, 4) is 0 Å². The number of carbonyl (C=O) groups is 1. The Bertz CT molecular complexity index is 1170. The molecule has 31 heavy (non-hydrogen) atoms. The third kappa shape index (κ3) is 4.19. The van der Waals surface area contributed by atoms with E-state index in [1.165, 1.54) is 15.9 Å². The number of amides is 1. The maximum atomic E-state index is 12.9. The van der Waals surface area contributed by atoms with Crippen molar-refractivity contribution in [3.63, 3.8) is 0 Å². The van der Waals surface area contributed by atoms with E-state index in [1.54, 1.807) is 0 Å². The normalized spacial score (nSPS) is 18.7. The Morgan fingerprint density at radius 3 is 2.84 bits per heavy atom. The maximum absolute atomic E-state index is 12.9. The fourth-order valence-corrected chi connectivity index (χ4v) is 5.46. The Morgan fingerprint density at radius 1 is 1.19 bits per heavy atom. The SMILES string of the molecule is O=C(NCc1ccc(Cl)cc1)C1CCCN(c2nn3c(=O)c4c(nc3s2)CCCC4)C1. The molecular weight excluding hydrogens is 434 g/mol. The summed E-state index contributed by atoms with van der Waals surface area (Å²) in [5.41, 5.74) is 2.74. The van der Waals surface area contributed by atoms with Gasteiger partial charge in [0, 0.05) is 30.2 Å². The second-order valence-electron chi connectivity index (χ2n) is 8.26. The van der Waals surface area contributed by atoms with Crippen molar-refractivity contribution in [2.24, 2.45) is 5.92 Å². The molecule has 1 aliphatic carbocycles. The first-order chi connectivity index (χ1) is 15.1. The number of hydrogen-bond acceptors (Lipinski definition) is 6. The minimum atomic E-state index is -0.106. The van der Waals surface area contributed by atoms with Gasteiger partial charge >= 0.3 is 0 Å². The van der Waals surface area contributed by atoms with Crippen LogP contribution in [-0.2, 0) is 24.2 Å². The van der Waals surface area contributed by atoms with E-state index in [0.29, 0.717) is 23.1 Å². The van der Waals surface area contributed by atoms with Crippen LogP contribution in [0.1, 0.15) is 42.5 Å². The molecule has 0 spiro atoms. The van der Waals surface area contributed by atoms with Gasteiger partial charge < -0.3 is 10.2 Å². The van der Waals surface area contributed by atoms with E-state index in [1.807, 2.05) is 24.3 Å². The molecule has 5 rings (SSSR count). The Morgan fingerprint density at radius 2 is 2.00 bits per heavy atom. The number of anilines is 1. The molecule has 3 heterocycles. The van der Waals surface area contributed by atoms with E-state index < -0.39 is 0 Å². The van der Waals surface area contributed by atoms with Crippen LogP contribution in [0, 0.1) is 5.92 Å². The van der Waals surface area contributed by atoms with Gasteiger partial charge in [-0.25, -0.2) is 4.98 Å². The van der Waals surface area contributed by atoms with Gasteiger partial charge in [0.2, 0.25) is 16.0 Å². The number of nitrogens with zero attached hydrogens (tertiary/aromatic N) is 4. The fourth-order valence-electron chi connectivity index (χ4n) is 4.39. The van der Waals surface area contributed by atoms with Crippen molar-refractivity contribution >= 4 is 38.9 Å². The summed E-state index contributed by atoms with van der Waals surface area (Å²) in [6.45, 7) is 1.91. The van der Waals surface area contributed by atoms with Crippen LogP contribution in [0.3, 0.4) is 0 Å². The van der Waals surface area contributed by atoms with E-state index in [4.69, 9.17) is 16.6 Å². The van der Waals surface area contributed by atoms with E-state index in [0.717, 1.165) is 67.0 Å². The molecule has 1 amide bonds. The van der Waals surface area contributed by atoms with Gasteiger partial charge in [0.05, 0.1) is 11.6 Å². The Balaban J connectivity index is 1.30. The zero-order valence-corrected chi connectivity index (χ0v) is 18.7. The van der Waals surface area contributed by atoms with Crippen LogP contribution in [0.5, 0.6) is 0 Å². The summed E-state index contributed by atoms with van der Waals surface area (Å²) in [5, 5.41) is 9.07. The third-order valence-electron chi connectivity index (χ3n) is 6.11. The van der Waals surface area contributed by atoms with Gasteiger partial charge in [0.25, 0.3) is 5.56 Å². The zero-order chi connectivity index (χ0) is 21.4. The van der Waals surface area contributed by atoms with Crippen LogP contribution in [0.25, 0.3) is 4.96 Å². The molecule has 9 heteroatoms. The van der Waals surface area contributed by atoms with Gasteiger partial charge in [-0.1, -0.05) is 35.1 Å². The van der Waals surface area contributed by atoms with Crippen molar-refractivity contribution in [3.05, 3.63) is 56.5 Å². The van der Waals surface area contributed by atoms with E-state index in [9.17, 15) is 9.59 Å². The lowest BCUT2D eigenvalue weighted by Crippen LogP contribution is -2.43. The highest BCUT2D eigenvalue weighted by Gasteiger charge is 2.28. The topological polar surface area (TPSA) is 79.6 Å². The van der Waals surface area contributed by atoms with E-state index in [-0.39, 0.29) is 17.4 Å². The van der Waals surface area contributed by atoms with Gasteiger partial charge in [-0.15, -0.1) is 5.10 Å². The maximum Gasteiger partial charge on any atom is 0.278 e. The number of piperidine rings is 1. The molecule has 0 bridgehead atoms. The van der Waals surface area contributed by atoms with E-state index >= 15 is 0 Å². The highest BCUT2D eigenvalue weighted by Crippen LogP contribution is 2.28. The third-order valence-corrected chi connectivity index (χ3v) is 7.33. The summed E-state index contributed by atoms with van der Waals surface area (Å²) < 4.78 is 1.45. The van der Waals surface area contributed by atoms with Gasteiger partial charge in [-0.05, 0) is 56.2 Å². The number of nitrogens with one attached hydrogen (secondary N) is 1. The number of fused-ring (bicyclic) bond motifs is 2. The molecule has 1 saturated heterocycles. The summed E-state index contributed by atoms with van der Waals surface area (Å²) in [5.74, 6) is -0.0579. The number of aryl methyl sites for hydroxylation is 1. The molecule has 1 fully saturated rings. The standard InChI is InChI=1S/C22H24ClN5O2S/c23-16-9-7-14(8-10-16)12-24-19(29)15-4-3-11-27(13-15)22-26-28-20(30)17-5-1-2-6-18(17)25-21(28)31-22/h7-10,15H,1-6,11-13H2,(H,24,29). The van der Waals surface area contributed by atoms with Crippen LogP contribution in [-0.4, -0.2) is 33.6 Å². The number of benzene rings is 1. The van der Waals surface area contributed by atoms with Crippen molar-refractivity contribution in [2.45, 2.75) is 45.1 Å². The molecule has 0 saturated carbocycles. The predicted molar refractivity (Wildman–Crippen MR) is 122 cm³/mol. The first kappa shape index (κ1) is 20.5. The fraction of sp³-hybridized carbons (Fsp3) is 0.455. The minimum Gasteiger partial charge on any atom is -0.352 e. The Hall–Kier alpha value is -2.45. The van der Waals surface area contributed by atoms with Gasteiger partial charge in [-0.3, -0.25) is 9.59 Å². The lowest BCUT2D eigenvalue weighted by Gasteiger charge is -2.31. The van der Waals surface area contributed by atoms with Crippen molar-refractivity contribution in [1.29, 1.82) is 0 Å². The highest BCUT2D eigenvalue weighted by atomic mass is 35.5. The Labute approximate surface area is 189 Å². The minimum absolute atomic E-state index is 0.0310. The first-order valence-corrected chi connectivity index (χ1v) is 12.0. The molecule has 1 unspecified atom stereocenters. The highest BCUT2D eigenvalue weighted by molar-refractivity contribution is 7.20. The summed E-state index contributed by atoms with van der Waals surface area (Å²) in [7, 11) is 0. The first-order valence-electron chi connectivity index (χ1n) is 10.8. The molecule has 1 atom stereocenters. The number of aromatic nitrogens is 3. The molecule has 162 valence electrons. The molecule has 2 aromatic heterocycles. The van der Waals surface area contributed by atoms with Gasteiger partial charge in [0.1, 0.15) is 0 Å². The van der Waals surface area contributed by atoms with Crippen LogP contribution >= 0.6 is 22.9 Å². The predicted octanol–water partition coefficient (Wildman–Crippen LogP) is 3.22. The van der Waals surface area contributed by atoms with Crippen molar-refractivity contribution in [2.75, 3.05) is 18.0 Å². The second-order valence-corrected chi connectivity index (χ2v) is 9.63. The quantitative estimate of drug-likeness (QED) is 0.650. The smallest absolute Gasteiger partial charge is 0.278 e. The summed E-state index contributed by atoms with van der Waals surface area (Å²) in [4.78, 5) is 33.1. The van der Waals surface area contributed by atoms with Crippen LogP contribution in [0.15, 0.2) is 29.1 Å². The molecule has 0 radical (unpaired) electrons. The average molecular weight is 458 g/mol. The summed E-state index contributed by atoms with van der Waals surface area (Å²) in [6.07, 6.45) is 5.53. The zero-order valence-electron chi connectivity index (χ0n) is 17.1. The summed E-state index contributed by atoms with van der Waals surface area (Å²) >= 11 is 7.36. The average Bonchev–Trinajstić information content (AvgIpc) is 3.23. The molecule has 3 aromatic rings. The van der Waals surface area contributed by atoms with E-state index in [2.05, 4.69) is 15.3 Å². The lowest BCUT2D eigenvalue weighted by atomic mass is 9.97. The number of rotatable bonds is 4. The molecule has 1 aliphatic heterocycles. The van der Waals surface area contributed by atoms with Crippen LogP contribution in [0.4, 0.5) is 5.13 Å². The lowest BCUT2D eigenvalue weighted by molar-refractivity contribution is -0.125. The largest absolute Gasteiger partial charge is 0.352 e. The monoisotopic (exact) mass is 457 g/mol. The number of halogens is 1. The van der Waals surface area contributed by atoms with Crippen molar-refractivity contribution in [1.82, 2.24) is 19.9 Å². The second kappa shape index (κ2) is 8.59.